The smallest absolute Gasteiger partial charge is 0.277 e. The summed E-state index contributed by atoms with van der Waals surface area (Å²) in [4.78, 5) is 14.0. The zero-order chi connectivity index (χ0) is 17.0. The maximum atomic E-state index is 12.0. The first-order valence-corrected chi connectivity index (χ1v) is 8.28. The van der Waals surface area contributed by atoms with Gasteiger partial charge in [-0.3, -0.25) is 4.79 Å². The van der Waals surface area contributed by atoms with Crippen LogP contribution in [0.4, 0.5) is 11.4 Å². The predicted octanol–water partition coefficient (Wildman–Crippen LogP) is 3.16. The molecule has 0 bridgehead atoms. The molecule has 1 aromatic carbocycles. The Kier molecular flexibility index (Phi) is 5.30. The van der Waals surface area contributed by atoms with Crippen LogP contribution in [0.25, 0.3) is 0 Å². The van der Waals surface area contributed by atoms with E-state index in [0.717, 1.165) is 11.4 Å². The zero-order valence-corrected chi connectivity index (χ0v) is 14.9. The number of rotatable bonds is 5. The fourth-order valence-electron chi connectivity index (χ4n) is 1.74. The molecular formula is C16H22N4O2S. The van der Waals surface area contributed by atoms with Gasteiger partial charge in [-0.1, -0.05) is 32.5 Å². The topological polar surface area (TPSA) is 71.3 Å². The second kappa shape index (κ2) is 7.04. The highest BCUT2D eigenvalue weighted by atomic mass is 32.2. The second-order valence-electron chi connectivity index (χ2n) is 6.40. The molecule has 0 spiro atoms. The fourth-order valence-corrected chi connectivity index (χ4v) is 2.30. The number of carbonyl (C=O) groups excluding carboxylic acids is 1. The average molecular weight is 334 g/mol. The Morgan fingerprint density at radius 2 is 1.87 bits per heavy atom. The van der Waals surface area contributed by atoms with Gasteiger partial charge in [-0.05, 0) is 24.3 Å². The van der Waals surface area contributed by atoms with E-state index in [0.29, 0.717) is 11.1 Å². The summed E-state index contributed by atoms with van der Waals surface area (Å²) in [6, 6.07) is 7.66. The number of aromatic nitrogens is 2. The highest BCUT2D eigenvalue weighted by molar-refractivity contribution is 7.99. The molecule has 0 aliphatic rings. The first kappa shape index (κ1) is 17.3. The minimum absolute atomic E-state index is 0.108. The Morgan fingerprint density at radius 3 is 2.39 bits per heavy atom. The van der Waals surface area contributed by atoms with Crippen LogP contribution in [0.2, 0.25) is 0 Å². The number of nitrogens with zero attached hydrogens (tertiary/aromatic N) is 3. The summed E-state index contributed by atoms with van der Waals surface area (Å²) in [5.41, 5.74) is 1.66. The summed E-state index contributed by atoms with van der Waals surface area (Å²) in [7, 11) is 3.95. The molecule has 0 saturated heterocycles. The summed E-state index contributed by atoms with van der Waals surface area (Å²) in [5, 5.41) is 11.2. The summed E-state index contributed by atoms with van der Waals surface area (Å²) in [6.07, 6.45) is 0. The van der Waals surface area contributed by atoms with E-state index in [2.05, 4.69) is 15.5 Å². The predicted molar refractivity (Wildman–Crippen MR) is 93.1 cm³/mol. The molecule has 0 aliphatic carbocycles. The van der Waals surface area contributed by atoms with Gasteiger partial charge in [-0.15, -0.1) is 10.2 Å². The van der Waals surface area contributed by atoms with E-state index in [1.807, 2.05) is 64.0 Å². The van der Waals surface area contributed by atoms with E-state index >= 15 is 0 Å². The van der Waals surface area contributed by atoms with Crippen molar-refractivity contribution < 1.29 is 9.21 Å². The molecule has 1 aromatic heterocycles. The van der Waals surface area contributed by atoms with E-state index in [9.17, 15) is 4.79 Å². The van der Waals surface area contributed by atoms with Gasteiger partial charge in [-0.2, -0.15) is 0 Å². The van der Waals surface area contributed by atoms with Gasteiger partial charge in [0.25, 0.3) is 5.22 Å². The van der Waals surface area contributed by atoms with E-state index < -0.39 is 0 Å². The van der Waals surface area contributed by atoms with Gasteiger partial charge in [-0.25, -0.2) is 0 Å². The Bertz CT molecular complexity index is 659. The van der Waals surface area contributed by atoms with Gasteiger partial charge >= 0.3 is 0 Å². The van der Waals surface area contributed by atoms with E-state index in [-0.39, 0.29) is 17.1 Å². The molecule has 0 radical (unpaired) electrons. The molecule has 0 unspecified atom stereocenters. The van der Waals surface area contributed by atoms with Crippen LogP contribution in [0.5, 0.6) is 0 Å². The van der Waals surface area contributed by atoms with E-state index in [1.165, 1.54) is 11.8 Å². The largest absolute Gasteiger partial charge is 0.415 e. The van der Waals surface area contributed by atoms with Crippen molar-refractivity contribution in [3.8, 4) is 0 Å². The lowest BCUT2D eigenvalue weighted by Crippen LogP contribution is -2.14. The Morgan fingerprint density at radius 1 is 1.22 bits per heavy atom. The number of anilines is 2. The second-order valence-corrected chi connectivity index (χ2v) is 7.33. The standard InChI is InChI=1S/C16H22N4O2S/c1-16(2,3)14-18-19-15(22-14)23-10-13(21)17-11-6-8-12(9-7-11)20(4)5/h6-9H,10H2,1-5H3,(H,17,21). The van der Waals surface area contributed by atoms with Crippen LogP contribution < -0.4 is 10.2 Å². The number of hydrogen-bond acceptors (Lipinski definition) is 6. The van der Waals surface area contributed by atoms with Crippen LogP contribution in [-0.4, -0.2) is 36.0 Å². The van der Waals surface area contributed by atoms with Gasteiger partial charge in [0.05, 0.1) is 5.75 Å². The maximum Gasteiger partial charge on any atom is 0.277 e. The number of nitrogens with one attached hydrogen (secondary N) is 1. The molecular weight excluding hydrogens is 312 g/mol. The normalized spacial score (nSPS) is 11.3. The lowest BCUT2D eigenvalue weighted by Gasteiger charge is -2.12. The van der Waals surface area contributed by atoms with Crippen molar-refractivity contribution in [2.75, 3.05) is 30.1 Å². The first-order chi connectivity index (χ1) is 10.8. The van der Waals surface area contributed by atoms with Crippen molar-refractivity contribution in [2.24, 2.45) is 0 Å². The van der Waals surface area contributed by atoms with Crippen molar-refractivity contribution in [1.82, 2.24) is 10.2 Å². The molecule has 0 fully saturated rings. The molecule has 0 saturated carbocycles. The Hall–Kier alpha value is -2.02. The Balaban J connectivity index is 1.86. The van der Waals surface area contributed by atoms with E-state index in [1.54, 1.807) is 0 Å². The van der Waals surface area contributed by atoms with Crippen LogP contribution >= 0.6 is 11.8 Å². The monoisotopic (exact) mass is 334 g/mol. The third-order valence-corrected chi connectivity index (χ3v) is 3.86. The molecule has 124 valence electrons. The molecule has 0 aliphatic heterocycles. The molecule has 0 atom stereocenters. The fraction of sp³-hybridized carbons (Fsp3) is 0.438. The number of amides is 1. The maximum absolute atomic E-state index is 12.0. The first-order valence-electron chi connectivity index (χ1n) is 7.30. The zero-order valence-electron chi connectivity index (χ0n) is 14.1. The third kappa shape index (κ3) is 4.99. The van der Waals surface area contributed by atoms with Crippen molar-refractivity contribution in [1.29, 1.82) is 0 Å². The molecule has 23 heavy (non-hydrogen) atoms. The number of hydrogen-bond donors (Lipinski definition) is 1. The quantitative estimate of drug-likeness (QED) is 0.847. The van der Waals surface area contributed by atoms with Crippen LogP contribution in [0.1, 0.15) is 26.7 Å². The van der Waals surface area contributed by atoms with Gasteiger partial charge < -0.3 is 14.6 Å². The molecule has 1 heterocycles. The molecule has 2 rings (SSSR count). The van der Waals surface area contributed by atoms with Crippen molar-refractivity contribution in [3.05, 3.63) is 30.2 Å². The molecule has 1 N–H and O–H groups in total. The average Bonchev–Trinajstić information content (AvgIpc) is 2.95. The van der Waals surface area contributed by atoms with Crippen LogP contribution in [-0.2, 0) is 10.2 Å². The lowest BCUT2D eigenvalue weighted by molar-refractivity contribution is -0.113. The molecule has 6 nitrogen and oxygen atoms in total. The van der Waals surface area contributed by atoms with Gasteiger partial charge in [0.2, 0.25) is 11.8 Å². The summed E-state index contributed by atoms with van der Waals surface area (Å²) in [5.74, 6) is 0.684. The summed E-state index contributed by atoms with van der Waals surface area (Å²) >= 11 is 1.23. The Labute approximate surface area is 140 Å². The minimum Gasteiger partial charge on any atom is -0.415 e. The molecule has 1 amide bonds. The van der Waals surface area contributed by atoms with Gasteiger partial charge in [0.1, 0.15) is 0 Å². The lowest BCUT2D eigenvalue weighted by atomic mass is 9.97. The van der Waals surface area contributed by atoms with Crippen LogP contribution in [0, 0.1) is 0 Å². The number of benzene rings is 1. The van der Waals surface area contributed by atoms with Gasteiger partial charge in [0.15, 0.2) is 0 Å². The van der Waals surface area contributed by atoms with E-state index in [4.69, 9.17) is 4.42 Å². The van der Waals surface area contributed by atoms with Crippen molar-refractivity contribution >= 4 is 29.0 Å². The van der Waals surface area contributed by atoms with Crippen molar-refractivity contribution in [2.45, 2.75) is 31.4 Å². The van der Waals surface area contributed by atoms with Gasteiger partial charge in [0, 0.05) is 30.9 Å². The molecule has 2 aromatic rings. The van der Waals surface area contributed by atoms with Crippen molar-refractivity contribution in [3.63, 3.8) is 0 Å². The van der Waals surface area contributed by atoms with Crippen LogP contribution in [0.3, 0.4) is 0 Å². The summed E-state index contributed by atoms with van der Waals surface area (Å²) in [6.45, 7) is 6.00. The minimum atomic E-state index is -0.192. The van der Waals surface area contributed by atoms with Crippen LogP contribution in [0.15, 0.2) is 33.9 Å². The molecule has 7 heteroatoms. The SMILES string of the molecule is CN(C)c1ccc(NC(=O)CSc2nnc(C(C)(C)C)o2)cc1. The summed E-state index contributed by atoms with van der Waals surface area (Å²) < 4.78 is 5.55. The number of thioether (sulfide) groups is 1. The highest BCUT2D eigenvalue weighted by Gasteiger charge is 2.21. The highest BCUT2D eigenvalue weighted by Crippen LogP contribution is 2.24. The number of carbonyl (C=O) groups is 1. The third-order valence-electron chi connectivity index (χ3n) is 3.04.